The molecule has 0 radical (unpaired) electrons. The first kappa shape index (κ1) is 17.4. The summed E-state index contributed by atoms with van der Waals surface area (Å²) >= 11 is 0. The second-order valence-corrected chi connectivity index (χ2v) is 7.81. The van der Waals surface area contributed by atoms with Crippen LogP contribution in [0.25, 0.3) is 0 Å². The van der Waals surface area contributed by atoms with E-state index < -0.39 is 10.1 Å². The summed E-state index contributed by atoms with van der Waals surface area (Å²) in [4.78, 5) is 2.48. The van der Waals surface area contributed by atoms with Crippen LogP contribution < -0.4 is 0 Å². The quantitative estimate of drug-likeness (QED) is 0.749. The van der Waals surface area contributed by atoms with Crippen molar-refractivity contribution in [2.75, 3.05) is 32.8 Å². The van der Waals surface area contributed by atoms with Crippen molar-refractivity contribution in [3.05, 3.63) is 29.8 Å². The van der Waals surface area contributed by atoms with Crippen LogP contribution in [0.15, 0.2) is 29.2 Å². The molecule has 0 N–H and O–H groups in total. The molecule has 1 heterocycles. The van der Waals surface area contributed by atoms with Gasteiger partial charge in [0.05, 0.1) is 24.2 Å². The molecule has 1 saturated heterocycles. The summed E-state index contributed by atoms with van der Waals surface area (Å²) in [6.07, 6.45) is -0.201. The number of benzene rings is 1. The second-order valence-electron chi connectivity index (χ2n) is 6.20. The van der Waals surface area contributed by atoms with E-state index >= 15 is 0 Å². The minimum Gasteiger partial charge on any atom is -0.373 e. The number of aryl methyl sites for hydroxylation is 1. The van der Waals surface area contributed by atoms with E-state index in [4.69, 9.17) is 8.92 Å². The smallest absolute Gasteiger partial charge is 0.297 e. The van der Waals surface area contributed by atoms with E-state index in [1.54, 1.807) is 24.3 Å². The zero-order valence-electron chi connectivity index (χ0n) is 13.5. The minimum atomic E-state index is -3.72. The van der Waals surface area contributed by atoms with Crippen LogP contribution in [0.5, 0.6) is 0 Å². The third-order valence-electron chi connectivity index (χ3n) is 3.56. The molecule has 22 heavy (non-hydrogen) atoms. The Labute approximate surface area is 133 Å². The average molecular weight is 327 g/mol. The first-order valence-electron chi connectivity index (χ1n) is 7.67. The minimum absolute atomic E-state index is 0.0603. The van der Waals surface area contributed by atoms with E-state index in [0.29, 0.717) is 19.1 Å². The van der Waals surface area contributed by atoms with Gasteiger partial charge in [0.25, 0.3) is 10.1 Å². The molecule has 124 valence electrons. The summed E-state index contributed by atoms with van der Waals surface area (Å²) in [5.74, 6) is 0.580. The fourth-order valence-corrected chi connectivity index (χ4v) is 3.44. The van der Waals surface area contributed by atoms with Gasteiger partial charge in [-0.3, -0.25) is 9.08 Å². The van der Waals surface area contributed by atoms with Gasteiger partial charge in [0, 0.05) is 19.6 Å². The molecule has 6 heteroatoms. The van der Waals surface area contributed by atoms with Gasteiger partial charge in [0.2, 0.25) is 0 Å². The van der Waals surface area contributed by atoms with Gasteiger partial charge in [0.1, 0.15) is 0 Å². The Balaban J connectivity index is 1.90. The van der Waals surface area contributed by atoms with E-state index in [1.165, 1.54) is 0 Å². The first-order chi connectivity index (χ1) is 10.4. The number of hydrogen-bond acceptors (Lipinski definition) is 5. The van der Waals surface area contributed by atoms with Crippen molar-refractivity contribution in [1.29, 1.82) is 0 Å². The number of hydrogen-bond donors (Lipinski definition) is 0. The summed E-state index contributed by atoms with van der Waals surface area (Å²) in [5.41, 5.74) is 1.01. The first-order valence-corrected chi connectivity index (χ1v) is 9.07. The topological polar surface area (TPSA) is 55.8 Å². The number of morpholine rings is 1. The monoisotopic (exact) mass is 327 g/mol. The zero-order chi connectivity index (χ0) is 16.2. The third kappa shape index (κ3) is 5.05. The average Bonchev–Trinajstić information content (AvgIpc) is 2.45. The van der Waals surface area contributed by atoms with Crippen molar-refractivity contribution in [1.82, 2.24) is 4.90 Å². The van der Waals surface area contributed by atoms with Gasteiger partial charge in [0.15, 0.2) is 0 Å². The maximum atomic E-state index is 12.2. The predicted octanol–water partition coefficient (Wildman–Crippen LogP) is 2.06. The molecule has 1 atom stereocenters. The molecule has 5 nitrogen and oxygen atoms in total. The molecule has 0 aliphatic carbocycles. The Morgan fingerprint density at radius 1 is 1.32 bits per heavy atom. The van der Waals surface area contributed by atoms with E-state index in [2.05, 4.69) is 18.7 Å². The van der Waals surface area contributed by atoms with Crippen molar-refractivity contribution in [2.24, 2.45) is 5.92 Å². The second kappa shape index (κ2) is 7.55. The van der Waals surface area contributed by atoms with E-state index in [0.717, 1.165) is 18.7 Å². The lowest BCUT2D eigenvalue weighted by Crippen LogP contribution is -2.45. The highest BCUT2D eigenvalue weighted by Crippen LogP contribution is 2.15. The van der Waals surface area contributed by atoms with Crippen LogP contribution in [0, 0.1) is 12.8 Å². The van der Waals surface area contributed by atoms with Crippen LogP contribution >= 0.6 is 0 Å². The fraction of sp³-hybridized carbons (Fsp3) is 0.625. The van der Waals surface area contributed by atoms with Gasteiger partial charge in [-0.1, -0.05) is 31.5 Å². The molecule has 1 aliphatic heterocycles. The van der Waals surface area contributed by atoms with E-state index in [-0.39, 0.29) is 17.6 Å². The Bertz CT molecular complexity index is 568. The number of nitrogens with zero attached hydrogens (tertiary/aromatic N) is 1. The molecule has 0 aromatic heterocycles. The largest absolute Gasteiger partial charge is 0.373 e. The van der Waals surface area contributed by atoms with E-state index in [9.17, 15) is 8.42 Å². The van der Waals surface area contributed by atoms with Gasteiger partial charge in [-0.15, -0.1) is 0 Å². The summed E-state index contributed by atoms with van der Waals surface area (Å²) in [5, 5.41) is 0. The normalized spacial score (nSPS) is 20.5. The van der Waals surface area contributed by atoms with Gasteiger partial charge in [-0.2, -0.15) is 8.42 Å². The lowest BCUT2D eigenvalue weighted by atomic mass is 10.2. The molecule has 1 aliphatic rings. The van der Waals surface area contributed by atoms with Gasteiger partial charge in [-0.25, -0.2) is 0 Å². The van der Waals surface area contributed by atoms with Crippen molar-refractivity contribution in [3.63, 3.8) is 0 Å². The summed E-state index contributed by atoms with van der Waals surface area (Å²) in [6.45, 7) is 9.52. The Hall–Kier alpha value is -0.950. The van der Waals surface area contributed by atoms with Crippen molar-refractivity contribution in [3.8, 4) is 0 Å². The third-order valence-corrected chi connectivity index (χ3v) is 4.86. The molecule has 1 fully saturated rings. The number of ether oxygens (including phenoxy) is 1. The maximum absolute atomic E-state index is 12.2. The van der Waals surface area contributed by atoms with Crippen molar-refractivity contribution >= 4 is 10.1 Å². The summed E-state index contributed by atoms with van der Waals surface area (Å²) in [6, 6.07) is 6.66. The SMILES string of the molecule is Cc1ccc(S(=O)(=O)OC[C@@H]2CN(CC(C)C)CCO2)cc1. The van der Waals surface area contributed by atoms with Gasteiger partial charge in [-0.05, 0) is 25.0 Å². The molecule has 0 spiro atoms. The summed E-state index contributed by atoms with van der Waals surface area (Å²) in [7, 11) is -3.72. The molecule has 0 saturated carbocycles. The maximum Gasteiger partial charge on any atom is 0.297 e. The molecule has 0 unspecified atom stereocenters. The Kier molecular flexibility index (Phi) is 5.97. The molecular weight excluding hydrogens is 302 g/mol. The van der Waals surface area contributed by atoms with Crippen molar-refractivity contribution in [2.45, 2.75) is 31.8 Å². The molecule has 1 aromatic carbocycles. The van der Waals surface area contributed by atoms with Crippen LogP contribution in [-0.4, -0.2) is 52.3 Å². The molecule has 2 rings (SSSR count). The molecule has 0 amide bonds. The van der Waals surface area contributed by atoms with Crippen LogP contribution in [0.2, 0.25) is 0 Å². The molecule has 1 aromatic rings. The highest BCUT2D eigenvalue weighted by atomic mass is 32.2. The van der Waals surface area contributed by atoms with Crippen LogP contribution in [-0.2, 0) is 19.0 Å². The highest BCUT2D eigenvalue weighted by molar-refractivity contribution is 7.86. The lowest BCUT2D eigenvalue weighted by Gasteiger charge is -2.33. The fourth-order valence-electron chi connectivity index (χ4n) is 2.50. The lowest BCUT2D eigenvalue weighted by molar-refractivity contribution is -0.0496. The Morgan fingerprint density at radius 2 is 2.00 bits per heavy atom. The molecular formula is C16H25NO4S. The van der Waals surface area contributed by atoms with Gasteiger partial charge < -0.3 is 4.74 Å². The Morgan fingerprint density at radius 3 is 2.64 bits per heavy atom. The standard InChI is InChI=1S/C16H25NO4S/c1-13(2)10-17-8-9-20-15(11-17)12-21-22(18,19)16-6-4-14(3)5-7-16/h4-7,13,15H,8-12H2,1-3H3/t15-/m0/s1. The van der Waals surface area contributed by atoms with Crippen LogP contribution in [0.3, 0.4) is 0 Å². The van der Waals surface area contributed by atoms with Crippen LogP contribution in [0.4, 0.5) is 0 Å². The van der Waals surface area contributed by atoms with E-state index in [1.807, 2.05) is 6.92 Å². The number of rotatable bonds is 6. The van der Waals surface area contributed by atoms with Crippen LogP contribution in [0.1, 0.15) is 19.4 Å². The van der Waals surface area contributed by atoms with Crippen molar-refractivity contribution < 1.29 is 17.3 Å². The summed E-state index contributed by atoms with van der Waals surface area (Å²) < 4.78 is 35.1. The highest BCUT2D eigenvalue weighted by Gasteiger charge is 2.24. The molecule has 0 bridgehead atoms. The van der Waals surface area contributed by atoms with Gasteiger partial charge >= 0.3 is 0 Å². The zero-order valence-corrected chi connectivity index (χ0v) is 14.3. The predicted molar refractivity (Wildman–Crippen MR) is 85.3 cm³/mol.